The van der Waals surface area contributed by atoms with Crippen LogP contribution in [0.25, 0.3) is 0 Å². The molecule has 1 saturated heterocycles. The number of carbonyl (C=O) groups excluding carboxylic acids is 1. The predicted octanol–water partition coefficient (Wildman–Crippen LogP) is 2.58. The quantitative estimate of drug-likeness (QED) is 0.931. The monoisotopic (exact) mass is 312 g/mol. The molecule has 1 fully saturated rings. The maximum absolute atomic E-state index is 12.4. The van der Waals surface area contributed by atoms with Gasteiger partial charge in [0.2, 0.25) is 0 Å². The number of hydrogen-bond donors (Lipinski definition) is 1. The molecule has 114 valence electrons. The highest BCUT2D eigenvalue weighted by Crippen LogP contribution is 2.36. The fourth-order valence-corrected chi connectivity index (χ4v) is 2.47. The van der Waals surface area contributed by atoms with E-state index < -0.39 is 17.7 Å². The Morgan fingerprint density at radius 3 is 2.67 bits per heavy atom. The fourth-order valence-electron chi connectivity index (χ4n) is 2.27. The van der Waals surface area contributed by atoms with Gasteiger partial charge in [-0.1, -0.05) is 29.8 Å². The maximum Gasteiger partial charge on any atom is 0.409 e. The summed E-state index contributed by atoms with van der Waals surface area (Å²) in [7, 11) is 1.38. The van der Waals surface area contributed by atoms with Crippen molar-refractivity contribution in [3.63, 3.8) is 0 Å². The highest BCUT2D eigenvalue weighted by Gasteiger charge is 2.52. The van der Waals surface area contributed by atoms with Crippen molar-refractivity contribution in [3.05, 3.63) is 34.9 Å². The lowest BCUT2D eigenvalue weighted by molar-refractivity contribution is -0.196. The van der Waals surface area contributed by atoms with Crippen LogP contribution < -0.4 is 0 Å². The van der Waals surface area contributed by atoms with Crippen LogP contribution in [-0.4, -0.2) is 40.3 Å². The molecule has 0 saturated carbocycles. The van der Waals surface area contributed by atoms with Crippen molar-refractivity contribution in [2.75, 3.05) is 7.05 Å². The number of hydrogen-bond acceptors (Lipinski definition) is 3. The molecule has 0 aliphatic carbocycles. The van der Waals surface area contributed by atoms with Crippen molar-refractivity contribution in [3.8, 4) is 0 Å². The minimum atomic E-state index is -1.15. The van der Waals surface area contributed by atoms with Crippen LogP contribution in [0.4, 0.5) is 4.79 Å². The third-order valence-electron chi connectivity index (χ3n) is 3.55. The van der Waals surface area contributed by atoms with Crippen molar-refractivity contribution < 1.29 is 19.5 Å². The van der Waals surface area contributed by atoms with Gasteiger partial charge in [0.15, 0.2) is 6.23 Å². The molecule has 2 rings (SSSR count). The third-order valence-corrected chi connectivity index (χ3v) is 3.92. The third kappa shape index (κ3) is 2.82. The van der Waals surface area contributed by atoms with Gasteiger partial charge in [0.05, 0.1) is 12.0 Å². The zero-order valence-corrected chi connectivity index (χ0v) is 12.8. The van der Waals surface area contributed by atoms with E-state index in [9.17, 15) is 9.59 Å². The zero-order valence-electron chi connectivity index (χ0n) is 12.0. The molecule has 1 N–H and O–H groups in total. The Hall–Kier alpha value is -1.79. The Labute approximate surface area is 127 Å². The van der Waals surface area contributed by atoms with Crippen LogP contribution in [0, 0.1) is 5.41 Å². The van der Waals surface area contributed by atoms with Gasteiger partial charge >= 0.3 is 6.09 Å². The summed E-state index contributed by atoms with van der Waals surface area (Å²) < 4.78 is 0. The molecule has 6 nitrogen and oxygen atoms in total. The molecule has 0 spiro atoms. The highest BCUT2D eigenvalue weighted by molar-refractivity contribution is 6.31. The van der Waals surface area contributed by atoms with Gasteiger partial charge in [-0.15, -0.1) is 0 Å². The van der Waals surface area contributed by atoms with Gasteiger partial charge in [0.25, 0.3) is 5.91 Å². The minimum Gasteiger partial charge on any atom is -0.465 e. The topological polar surface area (TPSA) is 70.1 Å². The van der Waals surface area contributed by atoms with Crippen molar-refractivity contribution in [2.24, 2.45) is 5.41 Å². The van der Waals surface area contributed by atoms with Gasteiger partial charge in [0, 0.05) is 12.1 Å². The van der Waals surface area contributed by atoms with Crippen LogP contribution in [0.1, 0.15) is 19.4 Å². The average molecular weight is 313 g/mol. The fraction of sp³-hybridized carbons (Fsp3) is 0.429. The first-order valence-electron chi connectivity index (χ1n) is 6.43. The van der Waals surface area contributed by atoms with Crippen molar-refractivity contribution in [2.45, 2.75) is 26.6 Å². The molecule has 7 heteroatoms. The van der Waals surface area contributed by atoms with E-state index in [1.807, 2.05) is 6.07 Å². The van der Waals surface area contributed by atoms with Gasteiger partial charge < -0.3 is 5.11 Å². The number of rotatable bonds is 3. The number of benzene rings is 1. The number of amides is 2. The van der Waals surface area contributed by atoms with Crippen LogP contribution in [-0.2, 0) is 16.2 Å². The normalized spacial score (nSPS) is 20.7. The number of halogens is 1. The summed E-state index contributed by atoms with van der Waals surface area (Å²) in [5, 5.41) is 10.8. The van der Waals surface area contributed by atoms with Gasteiger partial charge in [-0.3, -0.25) is 9.69 Å². The molecule has 2 amide bonds. The zero-order chi connectivity index (χ0) is 15.8. The van der Waals surface area contributed by atoms with Crippen molar-refractivity contribution in [1.29, 1.82) is 0 Å². The molecule has 1 aromatic rings. The Kier molecular flexibility index (Phi) is 4.11. The van der Waals surface area contributed by atoms with Gasteiger partial charge in [-0.25, -0.2) is 14.7 Å². The van der Waals surface area contributed by atoms with E-state index >= 15 is 0 Å². The lowest BCUT2D eigenvalue weighted by Crippen LogP contribution is -2.45. The molecule has 1 aliphatic heterocycles. The Balaban J connectivity index is 2.22. The molecule has 1 heterocycles. The molecule has 0 radical (unpaired) electrons. The average Bonchev–Trinajstić information content (AvgIpc) is 2.64. The van der Waals surface area contributed by atoms with E-state index in [1.54, 1.807) is 32.0 Å². The molecule has 1 unspecified atom stereocenters. The van der Waals surface area contributed by atoms with Crippen molar-refractivity contribution >= 4 is 23.6 Å². The molecular weight excluding hydrogens is 296 g/mol. The minimum absolute atomic E-state index is 0.173. The van der Waals surface area contributed by atoms with Crippen LogP contribution >= 0.6 is 11.6 Å². The molecule has 1 aliphatic rings. The Bertz CT molecular complexity index is 576. The molecular formula is C14H17ClN2O4. The van der Waals surface area contributed by atoms with E-state index in [0.717, 1.165) is 10.5 Å². The summed E-state index contributed by atoms with van der Waals surface area (Å²) in [6.45, 7) is 3.49. The summed E-state index contributed by atoms with van der Waals surface area (Å²) in [5.41, 5.74) is -0.226. The molecule has 21 heavy (non-hydrogen) atoms. The number of nitrogens with zero attached hydrogens (tertiary/aromatic N) is 2. The number of carboxylic acid groups (broad SMARTS) is 1. The summed E-state index contributed by atoms with van der Waals surface area (Å²) in [6.07, 6.45) is -2.02. The van der Waals surface area contributed by atoms with E-state index in [0.29, 0.717) is 5.02 Å². The second kappa shape index (κ2) is 5.54. The first-order valence-corrected chi connectivity index (χ1v) is 6.81. The van der Waals surface area contributed by atoms with Crippen LogP contribution in [0.5, 0.6) is 0 Å². The second-order valence-electron chi connectivity index (χ2n) is 5.51. The highest BCUT2D eigenvalue weighted by atomic mass is 35.5. The van der Waals surface area contributed by atoms with Crippen LogP contribution in [0.3, 0.4) is 0 Å². The number of carbonyl (C=O) groups is 2. The Morgan fingerprint density at radius 2 is 2.10 bits per heavy atom. The van der Waals surface area contributed by atoms with E-state index in [2.05, 4.69) is 0 Å². The second-order valence-corrected chi connectivity index (χ2v) is 5.91. The van der Waals surface area contributed by atoms with Gasteiger partial charge in [-0.2, -0.15) is 0 Å². The molecule has 0 bridgehead atoms. The standard InChI is InChI=1S/C14H17ClN2O4/c1-14(2)11(18)17(21-12(14)16(3)13(19)20)8-9-6-4-5-7-10(9)15/h4-7,12H,8H2,1-3H3,(H,19,20). The van der Waals surface area contributed by atoms with Crippen LogP contribution in [0.2, 0.25) is 5.02 Å². The van der Waals surface area contributed by atoms with E-state index in [-0.39, 0.29) is 12.5 Å². The largest absolute Gasteiger partial charge is 0.465 e. The Morgan fingerprint density at radius 1 is 1.48 bits per heavy atom. The summed E-state index contributed by atoms with van der Waals surface area (Å²) >= 11 is 6.07. The SMILES string of the molecule is CN(C(=O)O)C1ON(Cc2ccccc2Cl)C(=O)C1(C)C. The van der Waals surface area contributed by atoms with Crippen molar-refractivity contribution in [1.82, 2.24) is 9.96 Å². The van der Waals surface area contributed by atoms with E-state index in [1.165, 1.54) is 12.1 Å². The van der Waals surface area contributed by atoms with Gasteiger partial charge in [-0.05, 0) is 25.5 Å². The molecule has 1 atom stereocenters. The summed E-state index contributed by atoms with van der Waals surface area (Å²) in [5.74, 6) is -0.277. The van der Waals surface area contributed by atoms with Crippen LogP contribution in [0.15, 0.2) is 24.3 Å². The summed E-state index contributed by atoms with van der Waals surface area (Å²) in [4.78, 5) is 30.0. The molecule has 1 aromatic carbocycles. The smallest absolute Gasteiger partial charge is 0.409 e. The lowest BCUT2D eigenvalue weighted by Gasteiger charge is -2.27. The van der Waals surface area contributed by atoms with Gasteiger partial charge in [0.1, 0.15) is 0 Å². The molecule has 0 aromatic heterocycles. The first kappa shape index (κ1) is 15.6. The summed E-state index contributed by atoms with van der Waals surface area (Å²) in [6, 6.07) is 7.13. The lowest BCUT2D eigenvalue weighted by atomic mass is 9.90. The maximum atomic E-state index is 12.4. The van der Waals surface area contributed by atoms with E-state index in [4.69, 9.17) is 21.5 Å². The first-order chi connectivity index (χ1) is 9.75. The number of hydroxylamine groups is 2. The predicted molar refractivity (Wildman–Crippen MR) is 76.4 cm³/mol.